The van der Waals surface area contributed by atoms with E-state index in [-0.39, 0.29) is 5.97 Å². The van der Waals surface area contributed by atoms with Crippen molar-refractivity contribution in [3.8, 4) is 0 Å². The van der Waals surface area contributed by atoms with Crippen molar-refractivity contribution >= 4 is 17.3 Å². The van der Waals surface area contributed by atoms with E-state index in [1.807, 2.05) is 12.1 Å². The molecule has 2 N–H and O–H groups in total. The SMILES string of the molecule is COC(=O)c1ccc(N2CCCCCC2)cc1N. The van der Waals surface area contributed by atoms with Crippen LogP contribution < -0.4 is 10.6 Å². The molecule has 0 bridgehead atoms. The molecule has 1 aromatic rings. The molecular weight excluding hydrogens is 228 g/mol. The lowest BCUT2D eigenvalue weighted by molar-refractivity contribution is 0.0602. The Bertz CT molecular complexity index is 424. The smallest absolute Gasteiger partial charge is 0.339 e. The third-order valence-electron chi connectivity index (χ3n) is 3.41. The molecule has 0 aliphatic carbocycles. The highest BCUT2D eigenvalue weighted by Gasteiger charge is 2.14. The second-order valence-electron chi connectivity index (χ2n) is 4.66. The van der Waals surface area contributed by atoms with Gasteiger partial charge in [-0.25, -0.2) is 4.79 Å². The lowest BCUT2D eigenvalue weighted by Gasteiger charge is -2.23. The summed E-state index contributed by atoms with van der Waals surface area (Å²) in [6.07, 6.45) is 5.04. The molecule has 1 fully saturated rings. The van der Waals surface area contributed by atoms with Crippen molar-refractivity contribution in [2.75, 3.05) is 30.8 Å². The Balaban J connectivity index is 2.19. The number of anilines is 2. The molecule has 1 saturated heterocycles. The Morgan fingerprint density at radius 1 is 1.22 bits per heavy atom. The Labute approximate surface area is 108 Å². The number of carbonyl (C=O) groups is 1. The third kappa shape index (κ3) is 2.75. The molecule has 0 saturated carbocycles. The molecule has 1 aliphatic heterocycles. The van der Waals surface area contributed by atoms with E-state index in [2.05, 4.69) is 9.64 Å². The van der Waals surface area contributed by atoms with Crippen LogP contribution >= 0.6 is 0 Å². The molecule has 2 rings (SSSR count). The fourth-order valence-electron chi connectivity index (χ4n) is 2.37. The second kappa shape index (κ2) is 5.76. The molecule has 1 aliphatic rings. The Hall–Kier alpha value is -1.71. The molecule has 0 amide bonds. The van der Waals surface area contributed by atoms with Crippen LogP contribution in [0.15, 0.2) is 18.2 Å². The quantitative estimate of drug-likeness (QED) is 0.645. The first-order valence-electron chi connectivity index (χ1n) is 6.45. The minimum atomic E-state index is -0.380. The number of hydrogen-bond donors (Lipinski definition) is 1. The molecule has 0 spiro atoms. The standard InChI is InChI=1S/C14H20N2O2/c1-18-14(17)12-7-6-11(10-13(12)15)16-8-4-2-3-5-9-16/h6-7,10H,2-5,8-9,15H2,1H3. The summed E-state index contributed by atoms with van der Waals surface area (Å²) in [5.41, 5.74) is 7.95. The van der Waals surface area contributed by atoms with Gasteiger partial charge in [-0.05, 0) is 31.0 Å². The summed E-state index contributed by atoms with van der Waals surface area (Å²) in [6.45, 7) is 2.13. The third-order valence-corrected chi connectivity index (χ3v) is 3.41. The summed E-state index contributed by atoms with van der Waals surface area (Å²) < 4.78 is 4.69. The number of nitrogen functional groups attached to an aromatic ring is 1. The van der Waals surface area contributed by atoms with Crippen LogP contribution in [0.25, 0.3) is 0 Å². The van der Waals surface area contributed by atoms with E-state index in [1.165, 1.54) is 32.8 Å². The zero-order chi connectivity index (χ0) is 13.0. The van der Waals surface area contributed by atoms with Crippen molar-refractivity contribution in [3.63, 3.8) is 0 Å². The van der Waals surface area contributed by atoms with Crippen molar-refractivity contribution < 1.29 is 9.53 Å². The summed E-state index contributed by atoms with van der Waals surface area (Å²) >= 11 is 0. The van der Waals surface area contributed by atoms with Crippen molar-refractivity contribution in [1.29, 1.82) is 0 Å². The summed E-state index contributed by atoms with van der Waals surface area (Å²) in [7, 11) is 1.37. The van der Waals surface area contributed by atoms with Crippen molar-refractivity contribution in [1.82, 2.24) is 0 Å². The van der Waals surface area contributed by atoms with Gasteiger partial charge >= 0.3 is 5.97 Å². The first-order valence-corrected chi connectivity index (χ1v) is 6.45. The molecule has 4 heteroatoms. The van der Waals surface area contributed by atoms with Gasteiger partial charge in [-0.15, -0.1) is 0 Å². The topological polar surface area (TPSA) is 55.6 Å². The van der Waals surface area contributed by atoms with Gasteiger partial charge in [-0.3, -0.25) is 0 Å². The zero-order valence-electron chi connectivity index (χ0n) is 10.8. The maximum Gasteiger partial charge on any atom is 0.339 e. The molecule has 0 radical (unpaired) electrons. The zero-order valence-corrected chi connectivity index (χ0v) is 10.8. The Morgan fingerprint density at radius 3 is 2.44 bits per heavy atom. The maximum atomic E-state index is 11.5. The van der Waals surface area contributed by atoms with Crippen LogP contribution in [0.3, 0.4) is 0 Å². The number of ether oxygens (including phenoxy) is 1. The Morgan fingerprint density at radius 2 is 1.89 bits per heavy atom. The lowest BCUT2D eigenvalue weighted by Crippen LogP contribution is -2.24. The summed E-state index contributed by atoms with van der Waals surface area (Å²) in [4.78, 5) is 13.8. The van der Waals surface area contributed by atoms with Gasteiger partial charge in [0.05, 0.1) is 12.7 Å². The van der Waals surface area contributed by atoms with Crippen LogP contribution in [-0.4, -0.2) is 26.2 Å². The highest BCUT2D eigenvalue weighted by molar-refractivity contribution is 5.95. The molecule has 1 aromatic carbocycles. The fourth-order valence-corrected chi connectivity index (χ4v) is 2.37. The van der Waals surface area contributed by atoms with E-state index in [1.54, 1.807) is 6.07 Å². The lowest BCUT2D eigenvalue weighted by atomic mass is 10.1. The number of carbonyl (C=O) groups excluding carboxylic acids is 1. The van der Waals surface area contributed by atoms with Crippen LogP contribution in [0, 0.1) is 0 Å². The highest BCUT2D eigenvalue weighted by Crippen LogP contribution is 2.24. The molecule has 0 unspecified atom stereocenters. The van der Waals surface area contributed by atoms with Crippen LogP contribution in [0.5, 0.6) is 0 Å². The van der Waals surface area contributed by atoms with E-state index >= 15 is 0 Å². The molecule has 98 valence electrons. The summed E-state index contributed by atoms with van der Waals surface area (Å²) in [5.74, 6) is -0.380. The minimum Gasteiger partial charge on any atom is -0.465 e. The molecule has 0 atom stereocenters. The van der Waals surface area contributed by atoms with Gasteiger partial charge in [0.1, 0.15) is 0 Å². The number of rotatable bonds is 2. The second-order valence-corrected chi connectivity index (χ2v) is 4.66. The average molecular weight is 248 g/mol. The van der Waals surface area contributed by atoms with E-state index in [4.69, 9.17) is 5.73 Å². The number of methoxy groups -OCH3 is 1. The Kier molecular flexibility index (Phi) is 4.07. The number of benzene rings is 1. The van der Waals surface area contributed by atoms with Gasteiger partial charge in [-0.1, -0.05) is 12.8 Å². The number of hydrogen-bond acceptors (Lipinski definition) is 4. The van der Waals surface area contributed by atoms with Crippen LogP contribution in [-0.2, 0) is 4.74 Å². The fraction of sp³-hybridized carbons (Fsp3) is 0.500. The van der Waals surface area contributed by atoms with Crippen molar-refractivity contribution in [3.05, 3.63) is 23.8 Å². The first-order chi connectivity index (χ1) is 8.72. The van der Waals surface area contributed by atoms with Crippen molar-refractivity contribution in [2.24, 2.45) is 0 Å². The van der Waals surface area contributed by atoms with Crippen LogP contribution in [0.2, 0.25) is 0 Å². The summed E-state index contributed by atoms with van der Waals surface area (Å²) in [5, 5.41) is 0. The van der Waals surface area contributed by atoms with E-state index in [0.717, 1.165) is 18.8 Å². The van der Waals surface area contributed by atoms with E-state index in [9.17, 15) is 4.79 Å². The van der Waals surface area contributed by atoms with Gasteiger partial charge in [0.25, 0.3) is 0 Å². The van der Waals surface area contributed by atoms with E-state index in [0.29, 0.717) is 11.3 Å². The molecule has 1 heterocycles. The highest BCUT2D eigenvalue weighted by atomic mass is 16.5. The largest absolute Gasteiger partial charge is 0.465 e. The predicted octanol–water partition coefficient (Wildman–Crippen LogP) is 2.44. The van der Waals surface area contributed by atoms with Gasteiger partial charge in [0, 0.05) is 24.5 Å². The van der Waals surface area contributed by atoms with Gasteiger partial charge < -0.3 is 15.4 Å². The van der Waals surface area contributed by atoms with Crippen LogP contribution in [0.4, 0.5) is 11.4 Å². The molecular formula is C14H20N2O2. The summed E-state index contributed by atoms with van der Waals surface area (Å²) in [6, 6.07) is 5.58. The minimum absolute atomic E-state index is 0.380. The monoisotopic (exact) mass is 248 g/mol. The number of esters is 1. The maximum absolute atomic E-state index is 11.5. The van der Waals surface area contributed by atoms with Crippen LogP contribution in [0.1, 0.15) is 36.0 Å². The number of nitrogens with zero attached hydrogens (tertiary/aromatic N) is 1. The normalized spacial score (nSPS) is 16.2. The van der Waals surface area contributed by atoms with Gasteiger partial charge in [0.15, 0.2) is 0 Å². The van der Waals surface area contributed by atoms with E-state index < -0.39 is 0 Å². The molecule has 18 heavy (non-hydrogen) atoms. The van der Waals surface area contributed by atoms with Crippen molar-refractivity contribution in [2.45, 2.75) is 25.7 Å². The average Bonchev–Trinajstić information content (AvgIpc) is 2.66. The van der Waals surface area contributed by atoms with Gasteiger partial charge in [-0.2, -0.15) is 0 Å². The van der Waals surface area contributed by atoms with Gasteiger partial charge in [0.2, 0.25) is 0 Å². The molecule has 0 aromatic heterocycles. The number of nitrogens with two attached hydrogens (primary N) is 1. The molecule has 4 nitrogen and oxygen atoms in total. The first kappa shape index (κ1) is 12.7. The predicted molar refractivity (Wildman–Crippen MR) is 72.9 cm³/mol.